The van der Waals surface area contributed by atoms with Crippen molar-refractivity contribution in [3.8, 4) is 0 Å². The van der Waals surface area contributed by atoms with Gasteiger partial charge in [-0.2, -0.15) is 0 Å². The van der Waals surface area contributed by atoms with E-state index in [-0.39, 0.29) is 10.5 Å². The van der Waals surface area contributed by atoms with E-state index in [4.69, 9.17) is 11.6 Å². The Balaban J connectivity index is 1.73. The molecule has 2 unspecified atom stereocenters. The summed E-state index contributed by atoms with van der Waals surface area (Å²) in [5.41, 5.74) is 0.758. The maximum atomic E-state index is 12.4. The van der Waals surface area contributed by atoms with Crippen LogP contribution in [0.15, 0.2) is 12.2 Å². The van der Waals surface area contributed by atoms with Crippen molar-refractivity contribution in [2.24, 2.45) is 22.2 Å². The molecule has 2 bridgehead atoms. The zero-order chi connectivity index (χ0) is 17.5. The Morgan fingerprint density at radius 1 is 1.09 bits per heavy atom. The molecule has 0 radical (unpaired) electrons. The summed E-state index contributed by atoms with van der Waals surface area (Å²) in [5.74, 6) is 1.04. The Morgan fingerprint density at radius 3 is 2.09 bits per heavy atom. The smallest absolute Gasteiger partial charge is 0.149 e. The van der Waals surface area contributed by atoms with Gasteiger partial charge < -0.3 is 0 Å². The first kappa shape index (κ1) is 18.5. The van der Waals surface area contributed by atoms with Crippen molar-refractivity contribution in [3.05, 3.63) is 12.2 Å². The molecule has 0 saturated heterocycles. The van der Waals surface area contributed by atoms with Crippen molar-refractivity contribution in [1.82, 2.24) is 0 Å². The monoisotopic (exact) mass is 390 g/mol. The van der Waals surface area contributed by atoms with Gasteiger partial charge in [-0.25, -0.2) is 0 Å². The number of ketones is 1. The van der Waals surface area contributed by atoms with Gasteiger partial charge in [-0.15, -0.1) is 11.6 Å². The number of carbonyl (C=O) groups excluding carboxylic acids is 1. The normalized spacial score (nSPS) is 38.7. The highest BCUT2D eigenvalue weighted by molar-refractivity contribution is 9.10. The van der Waals surface area contributed by atoms with E-state index < -0.39 is 15.0 Å². The van der Waals surface area contributed by atoms with Gasteiger partial charge in [0.2, 0.25) is 0 Å². The van der Waals surface area contributed by atoms with Gasteiger partial charge in [0.05, 0.1) is 15.6 Å². The fraction of sp³-hybridized carbons (Fsp3) is 0.833. The largest absolute Gasteiger partial charge is 0.298 e. The second kappa shape index (κ2) is 5.14. The summed E-state index contributed by atoms with van der Waals surface area (Å²) in [4.78, 5) is 12.4. The topological polar surface area (TPSA) is 17.1 Å². The Kier molecular flexibility index (Phi) is 4.14. The van der Waals surface area contributed by atoms with Gasteiger partial charge in [0.25, 0.3) is 0 Å². The summed E-state index contributed by atoms with van der Waals surface area (Å²) in [6.45, 7) is 17.1. The average Bonchev–Trinajstić information content (AvgIpc) is 2.80. The molecule has 130 valence electrons. The highest BCUT2D eigenvalue weighted by atomic mass is 35.5. The van der Waals surface area contributed by atoms with Crippen molar-refractivity contribution in [2.75, 3.05) is 0 Å². The molecule has 1 nitrogen and oxygen atoms in total. The number of hydrogen-bond donors (Lipinski definition) is 0. The van der Waals surface area contributed by atoms with Gasteiger partial charge in [0.15, 0.2) is 0 Å². The van der Waals surface area contributed by atoms with E-state index in [1.165, 1.54) is 24.8 Å². The molecule has 0 heterocycles. The van der Waals surface area contributed by atoms with E-state index in [0.29, 0.717) is 5.41 Å². The molecule has 0 aromatic heterocycles. The molecule has 23 heavy (non-hydrogen) atoms. The van der Waals surface area contributed by atoms with E-state index >= 15 is 0 Å². The molecule has 3 aliphatic rings. The summed E-state index contributed by atoms with van der Waals surface area (Å²) in [5, 5.41) is 0. The van der Waals surface area contributed by atoms with Gasteiger partial charge in [-0.3, -0.25) is 4.79 Å². The van der Waals surface area contributed by atoms with E-state index in [2.05, 4.69) is 20.4 Å². The molecule has 2 atom stereocenters. The summed E-state index contributed by atoms with van der Waals surface area (Å²) in [7, 11) is 5.42. The van der Waals surface area contributed by atoms with Crippen molar-refractivity contribution in [1.29, 1.82) is 0 Å². The maximum absolute atomic E-state index is 12.4. The third kappa shape index (κ3) is 2.01. The molecule has 0 N–H and O–H groups in total. The van der Waals surface area contributed by atoms with Gasteiger partial charge in [-0.05, 0) is 40.4 Å². The molecule has 5 heteroatoms. The second-order valence-electron chi connectivity index (χ2n) is 9.00. The van der Waals surface area contributed by atoms with Crippen LogP contribution in [0.3, 0.4) is 0 Å². The average molecular weight is 391 g/mol. The first-order valence-electron chi connectivity index (χ1n) is 8.30. The molecule has 3 saturated carbocycles. The molecule has 0 aromatic carbocycles. The first-order valence-corrected chi connectivity index (χ1v) is 12.2. The summed E-state index contributed by atoms with van der Waals surface area (Å²) in [6, 6.07) is 0. The molecule has 0 aromatic rings. The standard InChI is InChI=1S/C18H27ClOS3/c1-11-10-12-8-9-17(11,14(12,2)3)21-23-22-18(19)15(4,5)13(20)16(18,6)7/h12H,1,8-10H2,2-7H3. The molecular weight excluding hydrogens is 364 g/mol. The van der Waals surface area contributed by atoms with Crippen molar-refractivity contribution < 1.29 is 4.79 Å². The van der Waals surface area contributed by atoms with Crippen molar-refractivity contribution in [2.45, 2.75) is 69.8 Å². The molecule has 3 aliphatic carbocycles. The Morgan fingerprint density at radius 2 is 1.65 bits per heavy atom. The van der Waals surface area contributed by atoms with Gasteiger partial charge in [-0.1, -0.05) is 75.3 Å². The lowest BCUT2D eigenvalue weighted by Crippen LogP contribution is -2.69. The van der Waals surface area contributed by atoms with Crippen LogP contribution in [0.25, 0.3) is 0 Å². The lowest BCUT2D eigenvalue weighted by molar-refractivity contribution is -0.153. The molecule has 0 aliphatic heterocycles. The minimum absolute atomic E-state index is 0.171. The predicted molar refractivity (Wildman–Crippen MR) is 107 cm³/mol. The lowest BCUT2D eigenvalue weighted by atomic mass is 9.54. The van der Waals surface area contributed by atoms with Gasteiger partial charge >= 0.3 is 0 Å². The maximum Gasteiger partial charge on any atom is 0.149 e. The first-order chi connectivity index (χ1) is 10.3. The SMILES string of the molecule is C=C1CC2CCC1(SSSC1(Cl)C(C)(C)C(=O)C1(C)C)C2(C)C. The Labute approximate surface area is 157 Å². The van der Waals surface area contributed by atoms with E-state index in [1.54, 1.807) is 20.6 Å². The Hall–Kier alpha value is 0.750. The number of carbonyl (C=O) groups is 1. The minimum atomic E-state index is -0.548. The van der Waals surface area contributed by atoms with Gasteiger partial charge in [0, 0.05) is 0 Å². The fourth-order valence-corrected chi connectivity index (χ4v) is 13.1. The zero-order valence-electron chi connectivity index (χ0n) is 14.9. The lowest BCUT2D eigenvalue weighted by Gasteiger charge is -2.60. The predicted octanol–water partition coefficient (Wildman–Crippen LogP) is 6.72. The number of hydrogen-bond acceptors (Lipinski definition) is 4. The molecule has 0 amide bonds. The summed E-state index contributed by atoms with van der Waals surface area (Å²) < 4.78 is -0.377. The molecule has 0 spiro atoms. The van der Waals surface area contributed by atoms with Crippen LogP contribution >= 0.6 is 43.0 Å². The number of fused-ring (bicyclic) bond motifs is 2. The van der Waals surface area contributed by atoms with Crippen molar-refractivity contribution in [3.63, 3.8) is 0 Å². The third-order valence-electron chi connectivity index (χ3n) is 7.04. The van der Waals surface area contributed by atoms with E-state index in [0.717, 1.165) is 5.92 Å². The number of alkyl halides is 1. The minimum Gasteiger partial charge on any atom is -0.298 e. The molecule has 3 fully saturated rings. The van der Waals surface area contributed by atoms with Crippen LogP contribution in [0.5, 0.6) is 0 Å². The van der Waals surface area contributed by atoms with Crippen LogP contribution in [0.2, 0.25) is 0 Å². The number of halogens is 1. The number of rotatable bonds is 4. The van der Waals surface area contributed by atoms with Crippen LogP contribution in [0, 0.1) is 22.2 Å². The fourth-order valence-electron chi connectivity index (χ4n) is 5.17. The van der Waals surface area contributed by atoms with Crippen LogP contribution < -0.4 is 0 Å². The number of Topliss-reactive ketones (excluding diaryl/α,β-unsaturated/α-hetero) is 1. The van der Waals surface area contributed by atoms with Crippen LogP contribution in [0.1, 0.15) is 60.8 Å². The highest BCUT2D eigenvalue weighted by Gasteiger charge is 2.73. The molecule has 3 rings (SSSR count). The van der Waals surface area contributed by atoms with Crippen LogP contribution in [-0.2, 0) is 4.79 Å². The molecular formula is C18H27ClOS3. The zero-order valence-corrected chi connectivity index (χ0v) is 18.1. The van der Waals surface area contributed by atoms with Crippen LogP contribution in [0.4, 0.5) is 0 Å². The van der Waals surface area contributed by atoms with E-state index in [9.17, 15) is 4.79 Å². The van der Waals surface area contributed by atoms with Crippen LogP contribution in [-0.4, -0.2) is 14.7 Å². The summed E-state index contributed by atoms with van der Waals surface area (Å²) in [6.07, 6.45) is 3.71. The Bertz CT molecular complexity index is 563. The second-order valence-corrected chi connectivity index (χ2v) is 14.2. The highest BCUT2D eigenvalue weighted by Crippen LogP contribution is 2.75. The quantitative estimate of drug-likeness (QED) is 0.301. The van der Waals surface area contributed by atoms with Crippen molar-refractivity contribution >= 4 is 48.8 Å². The third-order valence-corrected chi connectivity index (χ3v) is 14.4. The van der Waals surface area contributed by atoms with E-state index in [1.807, 2.05) is 38.5 Å². The van der Waals surface area contributed by atoms with Gasteiger partial charge in [0.1, 0.15) is 9.99 Å². The summed E-state index contributed by atoms with van der Waals surface area (Å²) >= 11 is 6.96.